The third-order valence-electron chi connectivity index (χ3n) is 3.11. The van der Waals surface area contributed by atoms with Crippen molar-refractivity contribution in [1.29, 1.82) is 0 Å². The summed E-state index contributed by atoms with van der Waals surface area (Å²) in [5, 5.41) is 10.0. The lowest BCUT2D eigenvalue weighted by Crippen LogP contribution is -1.77. The molecule has 4 heteroatoms. The lowest BCUT2D eigenvalue weighted by molar-refractivity contribution is 0.569. The van der Waals surface area contributed by atoms with E-state index in [2.05, 4.69) is 33.4 Å². The van der Waals surface area contributed by atoms with Crippen LogP contribution < -0.4 is 0 Å². The minimum Gasteiger partial charge on any atom is -0.423 e. The largest absolute Gasteiger partial charge is 0.423 e. The Morgan fingerprint density at radius 1 is 0.944 bits per heavy atom. The average Bonchev–Trinajstić information content (AvgIpc) is 3.05. The number of nitrogens with one attached hydrogen (secondary N) is 1. The fraction of sp³-hybridized carbons (Fsp3) is 0. The molecule has 86 valence electrons. The monoisotopic (exact) mass is 235 g/mol. The summed E-state index contributed by atoms with van der Waals surface area (Å²) in [6.07, 6.45) is 1.34. The Labute approximate surface area is 102 Å². The Balaban J connectivity index is 2.07. The van der Waals surface area contributed by atoms with Crippen LogP contribution in [0.2, 0.25) is 0 Å². The SMILES string of the molecule is c1ccc2c(c1)[nH]c1ccc(-c3nnco3)cc12. The van der Waals surface area contributed by atoms with Crippen LogP contribution in [0, 0.1) is 0 Å². The Bertz CT molecular complexity index is 831. The van der Waals surface area contributed by atoms with Crippen LogP contribution in [-0.4, -0.2) is 15.2 Å². The van der Waals surface area contributed by atoms with Crippen molar-refractivity contribution >= 4 is 21.8 Å². The van der Waals surface area contributed by atoms with Gasteiger partial charge in [0.2, 0.25) is 12.3 Å². The summed E-state index contributed by atoms with van der Waals surface area (Å²) in [6, 6.07) is 14.3. The van der Waals surface area contributed by atoms with Gasteiger partial charge in [0.1, 0.15) is 0 Å². The highest BCUT2D eigenvalue weighted by Gasteiger charge is 2.08. The van der Waals surface area contributed by atoms with Crippen LogP contribution in [0.1, 0.15) is 0 Å². The topological polar surface area (TPSA) is 54.7 Å². The summed E-state index contributed by atoms with van der Waals surface area (Å²) >= 11 is 0. The molecule has 0 aliphatic heterocycles. The number of hydrogen-bond donors (Lipinski definition) is 1. The third kappa shape index (κ3) is 1.26. The van der Waals surface area contributed by atoms with Crippen molar-refractivity contribution in [2.24, 2.45) is 0 Å². The van der Waals surface area contributed by atoms with Gasteiger partial charge in [0.05, 0.1) is 0 Å². The van der Waals surface area contributed by atoms with E-state index >= 15 is 0 Å². The molecule has 0 aliphatic rings. The number of hydrogen-bond acceptors (Lipinski definition) is 3. The Kier molecular flexibility index (Phi) is 1.80. The fourth-order valence-electron chi connectivity index (χ4n) is 2.28. The molecule has 0 aliphatic carbocycles. The molecule has 0 spiro atoms. The molecule has 4 rings (SSSR count). The molecule has 0 atom stereocenters. The molecule has 4 nitrogen and oxygen atoms in total. The Morgan fingerprint density at radius 2 is 1.83 bits per heavy atom. The first-order chi connectivity index (χ1) is 8.92. The number of para-hydroxylation sites is 1. The van der Waals surface area contributed by atoms with Crippen molar-refractivity contribution in [1.82, 2.24) is 15.2 Å². The molecule has 1 N–H and O–H groups in total. The third-order valence-corrected chi connectivity index (χ3v) is 3.11. The predicted molar refractivity (Wildman–Crippen MR) is 69.1 cm³/mol. The van der Waals surface area contributed by atoms with Gasteiger partial charge in [0.25, 0.3) is 0 Å². The summed E-state index contributed by atoms with van der Waals surface area (Å²) in [7, 11) is 0. The first-order valence-electron chi connectivity index (χ1n) is 5.69. The molecule has 4 aromatic rings. The highest BCUT2D eigenvalue weighted by Crippen LogP contribution is 2.28. The molecule has 0 saturated heterocycles. The molecular formula is C14H9N3O. The van der Waals surface area contributed by atoms with Gasteiger partial charge in [0.15, 0.2) is 0 Å². The molecule has 0 radical (unpaired) electrons. The van der Waals surface area contributed by atoms with Gasteiger partial charge < -0.3 is 9.40 Å². The molecule has 0 saturated carbocycles. The van der Waals surface area contributed by atoms with E-state index in [1.807, 2.05) is 24.3 Å². The van der Waals surface area contributed by atoms with Gasteiger partial charge in [-0.3, -0.25) is 0 Å². The molecular weight excluding hydrogens is 226 g/mol. The van der Waals surface area contributed by atoms with E-state index in [0.717, 1.165) is 16.6 Å². The number of aromatic amines is 1. The van der Waals surface area contributed by atoms with E-state index in [0.29, 0.717) is 5.89 Å². The lowest BCUT2D eigenvalue weighted by atomic mass is 10.1. The van der Waals surface area contributed by atoms with Gasteiger partial charge in [-0.2, -0.15) is 0 Å². The van der Waals surface area contributed by atoms with Crippen LogP contribution in [-0.2, 0) is 0 Å². The van der Waals surface area contributed by atoms with Crippen LogP contribution in [0.15, 0.2) is 53.3 Å². The van der Waals surface area contributed by atoms with Crippen LogP contribution in [0.4, 0.5) is 0 Å². The van der Waals surface area contributed by atoms with Crippen LogP contribution in [0.3, 0.4) is 0 Å². The fourth-order valence-corrected chi connectivity index (χ4v) is 2.28. The summed E-state index contributed by atoms with van der Waals surface area (Å²) in [4.78, 5) is 3.38. The summed E-state index contributed by atoms with van der Waals surface area (Å²) < 4.78 is 5.22. The predicted octanol–water partition coefficient (Wildman–Crippen LogP) is 3.37. The lowest BCUT2D eigenvalue weighted by Gasteiger charge is -1.95. The average molecular weight is 235 g/mol. The molecule has 2 aromatic heterocycles. The summed E-state index contributed by atoms with van der Waals surface area (Å²) in [5.41, 5.74) is 3.18. The maximum absolute atomic E-state index is 5.22. The number of rotatable bonds is 1. The second kappa shape index (κ2) is 3.43. The molecule has 2 aromatic carbocycles. The van der Waals surface area contributed by atoms with E-state index in [1.54, 1.807) is 0 Å². The van der Waals surface area contributed by atoms with Crippen LogP contribution >= 0.6 is 0 Å². The molecule has 0 fully saturated rings. The standard InChI is InChI=1S/C14H9N3O/c1-2-4-12-10(3-1)11-7-9(5-6-13(11)16-12)14-17-15-8-18-14/h1-8,16H. The molecule has 2 heterocycles. The zero-order valence-electron chi connectivity index (χ0n) is 9.42. The molecule has 0 amide bonds. The summed E-state index contributed by atoms with van der Waals surface area (Å²) in [6.45, 7) is 0. The van der Waals surface area contributed by atoms with Crippen molar-refractivity contribution in [3.63, 3.8) is 0 Å². The van der Waals surface area contributed by atoms with Crippen LogP contribution in [0.25, 0.3) is 33.3 Å². The van der Waals surface area contributed by atoms with E-state index < -0.39 is 0 Å². The molecule has 18 heavy (non-hydrogen) atoms. The normalized spacial score (nSPS) is 11.3. The van der Waals surface area contributed by atoms with E-state index in [9.17, 15) is 0 Å². The van der Waals surface area contributed by atoms with Crippen molar-refractivity contribution in [2.75, 3.05) is 0 Å². The smallest absolute Gasteiger partial charge is 0.247 e. The Hall–Kier alpha value is -2.62. The zero-order valence-corrected chi connectivity index (χ0v) is 9.42. The maximum Gasteiger partial charge on any atom is 0.247 e. The van der Waals surface area contributed by atoms with Gasteiger partial charge in [-0.1, -0.05) is 18.2 Å². The molecule has 0 bridgehead atoms. The highest BCUT2D eigenvalue weighted by molar-refractivity contribution is 6.08. The van der Waals surface area contributed by atoms with Gasteiger partial charge in [-0.15, -0.1) is 10.2 Å². The van der Waals surface area contributed by atoms with E-state index in [1.165, 1.54) is 17.2 Å². The van der Waals surface area contributed by atoms with Crippen molar-refractivity contribution in [2.45, 2.75) is 0 Å². The van der Waals surface area contributed by atoms with Crippen molar-refractivity contribution in [3.8, 4) is 11.5 Å². The summed E-state index contributed by atoms with van der Waals surface area (Å²) in [5.74, 6) is 0.544. The van der Waals surface area contributed by atoms with E-state index in [4.69, 9.17) is 4.42 Å². The number of nitrogens with zero attached hydrogens (tertiary/aromatic N) is 2. The van der Waals surface area contributed by atoms with Gasteiger partial charge in [-0.05, 0) is 24.3 Å². The molecule has 0 unspecified atom stereocenters. The number of aromatic nitrogens is 3. The number of benzene rings is 2. The maximum atomic E-state index is 5.22. The minimum absolute atomic E-state index is 0.544. The van der Waals surface area contributed by atoms with Gasteiger partial charge in [0, 0.05) is 27.4 Å². The number of H-pyrrole nitrogens is 1. The Morgan fingerprint density at radius 3 is 2.72 bits per heavy atom. The van der Waals surface area contributed by atoms with Crippen molar-refractivity contribution in [3.05, 3.63) is 48.9 Å². The highest BCUT2D eigenvalue weighted by atomic mass is 16.4. The second-order valence-corrected chi connectivity index (χ2v) is 4.17. The zero-order chi connectivity index (χ0) is 11.9. The van der Waals surface area contributed by atoms with Crippen molar-refractivity contribution < 1.29 is 4.42 Å². The van der Waals surface area contributed by atoms with Crippen LogP contribution in [0.5, 0.6) is 0 Å². The number of fused-ring (bicyclic) bond motifs is 3. The van der Waals surface area contributed by atoms with Gasteiger partial charge in [-0.25, -0.2) is 0 Å². The van der Waals surface area contributed by atoms with Gasteiger partial charge >= 0.3 is 0 Å². The second-order valence-electron chi connectivity index (χ2n) is 4.17. The first-order valence-corrected chi connectivity index (χ1v) is 5.69. The first kappa shape index (κ1) is 9.41. The minimum atomic E-state index is 0.544. The van der Waals surface area contributed by atoms with E-state index in [-0.39, 0.29) is 0 Å². The quantitative estimate of drug-likeness (QED) is 0.550.